The van der Waals surface area contributed by atoms with Gasteiger partial charge in [0, 0.05) is 32.6 Å². The molecular weight excluding hydrogens is 258 g/mol. The van der Waals surface area contributed by atoms with Crippen LogP contribution in [-0.2, 0) is 16.5 Å². The smallest absolute Gasteiger partial charge is 0.254 e. The first kappa shape index (κ1) is 13.6. The Morgan fingerprint density at radius 2 is 2.30 bits per heavy atom. The first-order chi connectivity index (χ1) is 9.67. The number of carbonyl (C=O) groups is 1. The minimum Gasteiger partial charge on any atom is -0.349 e. The standard InChI is InChI=1S/C14H21N3O3/c1-17-9-11(7-16-17)13(18)15-8-12-10-19-14(20-12)5-3-2-4-6-14/h7,9,12H,2-6,8,10H2,1H3,(H,15,18). The molecule has 20 heavy (non-hydrogen) atoms. The number of nitrogens with zero attached hydrogens (tertiary/aromatic N) is 2. The summed E-state index contributed by atoms with van der Waals surface area (Å²) in [5, 5.41) is 6.86. The zero-order chi connectivity index (χ0) is 14.0. The van der Waals surface area contributed by atoms with Crippen LogP contribution in [0.25, 0.3) is 0 Å². The normalized spacial score (nSPS) is 24.9. The lowest BCUT2D eigenvalue weighted by molar-refractivity contribution is -0.186. The SMILES string of the molecule is Cn1cc(C(=O)NCC2COC3(CCCCC3)O2)cn1. The van der Waals surface area contributed by atoms with E-state index in [9.17, 15) is 4.79 Å². The van der Waals surface area contributed by atoms with Crippen LogP contribution in [0.2, 0.25) is 0 Å². The van der Waals surface area contributed by atoms with E-state index in [1.54, 1.807) is 24.1 Å². The van der Waals surface area contributed by atoms with Crippen molar-refractivity contribution < 1.29 is 14.3 Å². The van der Waals surface area contributed by atoms with Crippen LogP contribution in [0, 0.1) is 0 Å². The molecule has 0 aromatic carbocycles. The maximum atomic E-state index is 11.9. The van der Waals surface area contributed by atoms with E-state index < -0.39 is 0 Å². The Morgan fingerprint density at radius 3 is 3.00 bits per heavy atom. The van der Waals surface area contributed by atoms with Crippen molar-refractivity contribution in [3.05, 3.63) is 18.0 Å². The lowest BCUT2D eigenvalue weighted by atomic mass is 9.94. The molecule has 110 valence electrons. The van der Waals surface area contributed by atoms with E-state index in [2.05, 4.69) is 10.4 Å². The van der Waals surface area contributed by atoms with Crippen molar-refractivity contribution in [3.63, 3.8) is 0 Å². The Labute approximate surface area is 118 Å². The number of ether oxygens (including phenoxy) is 2. The van der Waals surface area contributed by atoms with Gasteiger partial charge in [-0.2, -0.15) is 5.10 Å². The third kappa shape index (κ3) is 2.86. The van der Waals surface area contributed by atoms with E-state index in [0.717, 1.165) is 25.7 Å². The summed E-state index contributed by atoms with van der Waals surface area (Å²) in [6, 6.07) is 0. The first-order valence-corrected chi connectivity index (χ1v) is 7.25. The van der Waals surface area contributed by atoms with Crippen LogP contribution < -0.4 is 5.32 Å². The van der Waals surface area contributed by atoms with Crippen molar-refractivity contribution in [3.8, 4) is 0 Å². The summed E-state index contributed by atoms with van der Waals surface area (Å²) in [4.78, 5) is 11.9. The second-order valence-corrected chi connectivity index (χ2v) is 5.63. The van der Waals surface area contributed by atoms with Gasteiger partial charge in [0.1, 0.15) is 6.10 Å². The van der Waals surface area contributed by atoms with Gasteiger partial charge in [0.25, 0.3) is 5.91 Å². The molecule has 2 fully saturated rings. The van der Waals surface area contributed by atoms with E-state index in [4.69, 9.17) is 9.47 Å². The van der Waals surface area contributed by atoms with Gasteiger partial charge in [0.2, 0.25) is 0 Å². The van der Waals surface area contributed by atoms with Gasteiger partial charge in [0.15, 0.2) is 5.79 Å². The minimum absolute atomic E-state index is 0.0475. The Kier molecular flexibility index (Phi) is 3.76. The highest BCUT2D eigenvalue weighted by Gasteiger charge is 2.42. The second-order valence-electron chi connectivity index (χ2n) is 5.63. The molecule has 2 aliphatic rings. The molecule has 1 aromatic rings. The molecule has 1 atom stereocenters. The van der Waals surface area contributed by atoms with Crippen molar-refractivity contribution in [2.24, 2.45) is 7.05 Å². The number of amides is 1. The average molecular weight is 279 g/mol. The molecule has 1 amide bonds. The molecule has 0 radical (unpaired) electrons. The second kappa shape index (κ2) is 5.54. The molecule has 6 heteroatoms. The number of rotatable bonds is 3. The third-order valence-corrected chi connectivity index (χ3v) is 3.99. The lowest BCUT2D eigenvalue weighted by Gasteiger charge is -2.31. The number of hydrogen-bond donors (Lipinski definition) is 1. The number of carbonyl (C=O) groups excluding carboxylic acids is 1. The van der Waals surface area contributed by atoms with Crippen LogP contribution in [-0.4, -0.2) is 40.7 Å². The molecule has 1 saturated carbocycles. The largest absolute Gasteiger partial charge is 0.349 e. The van der Waals surface area contributed by atoms with Crippen molar-refractivity contribution in [2.75, 3.05) is 13.2 Å². The molecular formula is C14H21N3O3. The van der Waals surface area contributed by atoms with Gasteiger partial charge in [-0.15, -0.1) is 0 Å². The van der Waals surface area contributed by atoms with Crippen LogP contribution in [0.15, 0.2) is 12.4 Å². The van der Waals surface area contributed by atoms with Gasteiger partial charge in [-0.05, 0) is 12.8 Å². The van der Waals surface area contributed by atoms with Gasteiger partial charge < -0.3 is 14.8 Å². The zero-order valence-corrected chi connectivity index (χ0v) is 11.8. The maximum absolute atomic E-state index is 11.9. The maximum Gasteiger partial charge on any atom is 0.254 e. The molecule has 1 aromatic heterocycles. The van der Waals surface area contributed by atoms with Crippen molar-refractivity contribution >= 4 is 5.91 Å². The fourth-order valence-electron chi connectivity index (χ4n) is 2.92. The Morgan fingerprint density at radius 1 is 1.50 bits per heavy atom. The number of aryl methyl sites for hydroxylation is 1. The number of nitrogens with one attached hydrogen (secondary N) is 1. The molecule has 2 heterocycles. The van der Waals surface area contributed by atoms with E-state index in [1.807, 2.05) is 0 Å². The fraction of sp³-hybridized carbons (Fsp3) is 0.714. The summed E-state index contributed by atoms with van der Waals surface area (Å²) in [5.41, 5.74) is 0.568. The monoisotopic (exact) mass is 279 g/mol. The van der Waals surface area contributed by atoms with Gasteiger partial charge in [-0.25, -0.2) is 0 Å². The lowest BCUT2D eigenvalue weighted by Crippen LogP contribution is -2.37. The first-order valence-electron chi connectivity index (χ1n) is 7.25. The quantitative estimate of drug-likeness (QED) is 0.903. The van der Waals surface area contributed by atoms with Crippen LogP contribution in [0.5, 0.6) is 0 Å². The van der Waals surface area contributed by atoms with Crippen molar-refractivity contribution in [1.82, 2.24) is 15.1 Å². The molecule has 1 saturated heterocycles. The zero-order valence-electron chi connectivity index (χ0n) is 11.8. The fourth-order valence-corrected chi connectivity index (χ4v) is 2.92. The summed E-state index contributed by atoms with van der Waals surface area (Å²) in [5.74, 6) is -0.492. The molecule has 6 nitrogen and oxygen atoms in total. The van der Waals surface area contributed by atoms with Crippen molar-refractivity contribution in [1.29, 1.82) is 0 Å². The van der Waals surface area contributed by atoms with E-state index in [1.165, 1.54) is 6.42 Å². The van der Waals surface area contributed by atoms with Crippen molar-refractivity contribution in [2.45, 2.75) is 44.0 Å². The number of hydrogen-bond acceptors (Lipinski definition) is 4. The predicted octanol–water partition coefficient (Wildman–Crippen LogP) is 1.23. The van der Waals surface area contributed by atoms with Gasteiger partial charge in [-0.1, -0.05) is 6.42 Å². The topological polar surface area (TPSA) is 65.4 Å². The molecule has 1 spiro atoms. The highest BCUT2D eigenvalue weighted by molar-refractivity contribution is 5.93. The molecule has 1 N–H and O–H groups in total. The number of aromatic nitrogens is 2. The molecule has 1 aliphatic heterocycles. The molecule has 1 aliphatic carbocycles. The molecule has 1 unspecified atom stereocenters. The van der Waals surface area contributed by atoms with E-state index in [-0.39, 0.29) is 17.8 Å². The molecule has 0 bridgehead atoms. The summed E-state index contributed by atoms with van der Waals surface area (Å²) in [6.45, 7) is 1.04. The summed E-state index contributed by atoms with van der Waals surface area (Å²) in [6.07, 6.45) is 8.74. The van der Waals surface area contributed by atoms with E-state index >= 15 is 0 Å². The van der Waals surface area contributed by atoms with Crippen LogP contribution in [0.4, 0.5) is 0 Å². The third-order valence-electron chi connectivity index (χ3n) is 3.99. The molecule has 3 rings (SSSR count). The average Bonchev–Trinajstić information content (AvgIpc) is 3.05. The van der Waals surface area contributed by atoms with Crippen LogP contribution in [0.3, 0.4) is 0 Å². The predicted molar refractivity (Wildman–Crippen MR) is 72.2 cm³/mol. The Hall–Kier alpha value is -1.40. The summed E-state index contributed by atoms with van der Waals surface area (Å²) < 4.78 is 13.5. The highest BCUT2D eigenvalue weighted by atomic mass is 16.7. The minimum atomic E-state index is -0.373. The van der Waals surface area contributed by atoms with Gasteiger partial charge in [-0.3, -0.25) is 9.48 Å². The van der Waals surface area contributed by atoms with Gasteiger partial charge >= 0.3 is 0 Å². The van der Waals surface area contributed by atoms with Crippen LogP contribution in [0.1, 0.15) is 42.5 Å². The highest BCUT2D eigenvalue weighted by Crippen LogP contribution is 2.37. The van der Waals surface area contributed by atoms with Gasteiger partial charge in [0.05, 0.1) is 18.4 Å². The van der Waals surface area contributed by atoms with E-state index in [0.29, 0.717) is 18.7 Å². The van der Waals surface area contributed by atoms with Crippen LogP contribution >= 0.6 is 0 Å². The Bertz CT molecular complexity index is 480. The summed E-state index contributed by atoms with van der Waals surface area (Å²) >= 11 is 0. The summed E-state index contributed by atoms with van der Waals surface area (Å²) in [7, 11) is 1.79. The Balaban J connectivity index is 1.49.